The Morgan fingerprint density at radius 1 is 1.19 bits per heavy atom. The summed E-state index contributed by atoms with van der Waals surface area (Å²) < 4.78 is 24.8. The second-order valence-electron chi connectivity index (χ2n) is 8.94. The predicted molar refractivity (Wildman–Crippen MR) is 124 cm³/mol. The predicted octanol–water partition coefficient (Wildman–Crippen LogP) is 1.04. The lowest BCUT2D eigenvalue weighted by atomic mass is 9.82. The monoisotopic (exact) mass is 463 g/mol. The van der Waals surface area contributed by atoms with Crippen LogP contribution < -0.4 is 10.6 Å². The van der Waals surface area contributed by atoms with Crippen molar-refractivity contribution in [2.75, 3.05) is 37.8 Å². The van der Waals surface area contributed by atoms with Crippen LogP contribution >= 0.6 is 0 Å². The highest BCUT2D eigenvalue weighted by Gasteiger charge is 2.32. The Bertz CT molecular complexity index is 1030. The molecule has 10 heteroatoms. The average Bonchev–Trinajstić information content (AvgIpc) is 2.78. The average molecular weight is 464 g/mol. The number of aliphatic hydroxyl groups is 2. The molecule has 0 bridgehead atoms. The van der Waals surface area contributed by atoms with Gasteiger partial charge in [-0.15, -0.1) is 0 Å². The summed E-state index contributed by atoms with van der Waals surface area (Å²) in [6.45, 7) is 1.26. The number of rotatable bonds is 7. The number of sulfonamides is 1. The maximum Gasteiger partial charge on any atom is 0.211 e. The quantitative estimate of drug-likeness (QED) is 0.480. The number of aromatic nitrogens is 2. The molecule has 1 aliphatic carbocycles. The van der Waals surface area contributed by atoms with E-state index in [2.05, 4.69) is 15.6 Å². The fourth-order valence-corrected chi connectivity index (χ4v) is 5.75. The lowest BCUT2D eigenvalue weighted by Gasteiger charge is -2.35. The van der Waals surface area contributed by atoms with Crippen molar-refractivity contribution < 1.29 is 18.6 Å². The maximum atomic E-state index is 11.8. The molecule has 32 heavy (non-hydrogen) atoms. The van der Waals surface area contributed by atoms with Crippen LogP contribution in [0, 0.1) is 0 Å². The van der Waals surface area contributed by atoms with Crippen LogP contribution in [0.4, 0.5) is 5.82 Å². The lowest BCUT2D eigenvalue weighted by Crippen LogP contribution is -2.51. The van der Waals surface area contributed by atoms with Gasteiger partial charge >= 0.3 is 0 Å². The Labute approximate surface area is 189 Å². The minimum atomic E-state index is -3.31. The number of aliphatic hydroxyl groups excluding tert-OH is 2. The standard InChI is InChI=1S/C22H33N5O4S/c1-32(30,31)27-10-7-19(20(29)14-27)26-21-12-18-16(13-25-21)6-8-24-22(18)15-2-4-17(5-3-15)23-9-11-28/h6,8,12-13,15,17,19-20,23,28-29H,2-5,7,9-11,14H2,1H3,(H,25,26)/t15?,17?,19-,20-/m1/s1. The molecular weight excluding hydrogens is 430 g/mol. The molecule has 3 heterocycles. The zero-order valence-corrected chi connectivity index (χ0v) is 19.3. The first kappa shape index (κ1) is 23.3. The zero-order valence-electron chi connectivity index (χ0n) is 18.4. The Morgan fingerprint density at radius 2 is 1.97 bits per heavy atom. The zero-order chi connectivity index (χ0) is 22.7. The van der Waals surface area contributed by atoms with Crippen molar-refractivity contribution >= 4 is 26.6 Å². The van der Waals surface area contributed by atoms with E-state index in [-0.39, 0.29) is 19.2 Å². The number of β-amino-alcohol motifs (C(OH)–C–C–N with tert-alkyl or cyclic N) is 1. The lowest BCUT2D eigenvalue weighted by molar-refractivity contribution is 0.0952. The van der Waals surface area contributed by atoms with E-state index in [4.69, 9.17) is 10.1 Å². The van der Waals surface area contributed by atoms with Crippen molar-refractivity contribution in [2.24, 2.45) is 0 Å². The van der Waals surface area contributed by atoms with Crippen molar-refractivity contribution in [3.63, 3.8) is 0 Å². The van der Waals surface area contributed by atoms with Gasteiger partial charge in [0.05, 0.1) is 30.7 Å². The molecular formula is C22H33N5O4S. The molecule has 2 fully saturated rings. The fourth-order valence-electron chi connectivity index (χ4n) is 4.89. The summed E-state index contributed by atoms with van der Waals surface area (Å²) >= 11 is 0. The van der Waals surface area contributed by atoms with E-state index in [0.29, 0.717) is 37.3 Å². The number of nitrogens with zero attached hydrogens (tertiary/aromatic N) is 3. The van der Waals surface area contributed by atoms with Crippen molar-refractivity contribution in [1.29, 1.82) is 0 Å². The van der Waals surface area contributed by atoms with Gasteiger partial charge in [-0.2, -0.15) is 4.31 Å². The van der Waals surface area contributed by atoms with Gasteiger partial charge in [-0.1, -0.05) is 0 Å². The number of piperidine rings is 1. The summed E-state index contributed by atoms with van der Waals surface area (Å²) in [5, 5.41) is 28.3. The first-order valence-corrected chi connectivity index (χ1v) is 13.2. The largest absolute Gasteiger partial charge is 0.395 e. The van der Waals surface area contributed by atoms with E-state index in [1.54, 1.807) is 0 Å². The molecule has 0 spiro atoms. The van der Waals surface area contributed by atoms with Crippen LogP contribution in [0.5, 0.6) is 0 Å². The van der Waals surface area contributed by atoms with Crippen LogP contribution in [0.1, 0.15) is 43.7 Å². The summed E-state index contributed by atoms with van der Waals surface area (Å²) in [4.78, 5) is 9.24. The number of nitrogens with one attached hydrogen (secondary N) is 2. The molecule has 2 aliphatic rings. The molecule has 0 amide bonds. The fraction of sp³-hybridized carbons (Fsp3) is 0.636. The number of hydrogen-bond donors (Lipinski definition) is 4. The Kier molecular flexibility index (Phi) is 7.26. The van der Waals surface area contributed by atoms with E-state index in [9.17, 15) is 13.5 Å². The molecule has 4 N–H and O–H groups in total. The van der Waals surface area contributed by atoms with Crippen LogP contribution in [0.2, 0.25) is 0 Å². The molecule has 0 aromatic carbocycles. The van der Waals surface area contributed by atoms with Gasteiger partial charge in [0.2, 0.25) is 10.0 Å². The Morgan fingerprint density at radius 3 is 2.66 bits per heavy atom. The smallest absolute Gasteiger partial charge is 0.211 e. The SMILES string of the molecule is CS(=O)(=O)N1CC[C@@H](Nc2cc3c(C4CCC(NCCO)CC4)nccc3cn2)[C@H](O)C1. The third-order valence-corrected chi connectivity index (χ3v) is 7.95. The van der Waals surface area contributed by atoms with E-state index in [0.717, 1.165) is 42.1 Å². The second kappa shape index (κ2) is 9.96. The molecule has 2 aromatic heterocycles. The number of hydrogen-bond acceptors (Lipinski definition) is 8. The first-order chi connectivity index (χ1) is 15.3. The van der Waals surface area contributed by atoms with E-state index >= 15 is 0 Å². The van der Waals surface area contributed by atoms with E-state index < -0.39 is 16.1 Å². The van der Waals surface area contributed by atoms with Crippen LogP contribution in [0.15, 0.2) is 24.5 Å². The summed E-state index contributed by atoms with van der Waals surface area (Å²) in [5.41, 5.74) is 1.08. The number of fused-ring (bicyclic) bond motifs is 1. The van der Waals surface area contributed by atoms with Crippen LogP contribution in [-0.4, -0.2) is 83.6 Å². The second-order valence-corrected chi connectivity index (χ2v) is 10.9. The minimum Gasteiger partial charge on any atom is -0.395 e. The highest BCUT2D eigenvalue weighted by molar-refractivity contribution is 7.88. The van der Waals surface area contributed by atoms with Gasteiger partial charge in [0.1, 0.15) is 5.82 Å². The normalized spacial score (nSPS) is 27.5. The first-order valence-electron chi connectivity index (χ1n) is 11.3. The molecule has 176 valence electrons. The van der Waals surface area contributed by atoms with Gasteiger partial charge in [0.15, 0.2) is 0 Å². The molecule has 4 rings (SSSR count). The maximum absolute atomic E-state index is 11.8. The summed E-state index contributed by atoms with van der Waals surface area (Å²) in [5.74, 6) is 1.05. The summed E-state index contributed by atoms with van der Waals surface area (Å²) in [7, 11) is -3.31. The van der Waals surface area contributed by atoms with Gasteiger partial charge in [-0.05, 0) is 44.2 Å². The third kappa shape index (κ3) is 5.37. The topological polar surface area (TPSA) is 128 Å². The Hall–Kier alpha value is -1.85. The van der Waals surface area contributed by atoms with E-state index in [1.807, 2.05) is 24.5 Å². The summed E-state index contributed by atoms with van der Waals surface area (Å²) in [6.07, 6.45) is 8.76. The molecule has 2 aromatic rings. The van der Waals surface area contributed by atoms with Gasteiger partial charge in [0.25, 0.3) is 0 Å². The van der Waals surface area contributed by atoms with Crippen molar-refractivity contribution in [1.82, 2.24) is 19.6 Å². The Balaban J connectivity index is 1.47. The van der Waals surface area contributed by atoms with Gasteiger partial charge in [0, 0.05) is 54.8 Å². The van der Waals surface area contributed by atoms with Crippen LogP contribution in [0.25, 0.3) is 10.8 Å². The molecule has 2 atom stereocenters. The molecule has 9 nitrogen and oxygen atoms in total. The van der Waals surface area contributed by atoms with Crippen LogP contribution in [0.3, 0.4) is 0 Å². The third-order valence-electron chi connectivity index (χ3n) is 6.68. The molecule has 0 unspecified atom stereocenters. The highest BCUT2D eigenvalue weighted by Crippen LogP contribution is 2.35. The van der Waals surface area contributed by atoms with Gasteiger partial charge in [-0.25, -0.2) is 13.4 Å². The van der Waals surface area contributed by atoms with Gasteiger partial charge < -0.3 is 20.8 Å². The van der Waals surface area contributed by atoms with Crippen LogP contribution in [-0.2, 0) is 10.0 Å². The molecule has 1 saturated carbocycles. The highest BCUT2D eigenvalue weighted by atomic mass is 32.2. The number of anilines is 1. The molecule has 1 saturated heterocycles. The molecule has 1 aliphatic heterocycles. The van der Waals surface area contributed by atoms with Gasteiger partial charge in [-0.3, -0.25) is 4.98 Å². The van der Waals surface area contributed by atoms with Crippen molar-refractivity contribution in [3.05, 3.63) is 30.2 Å². The van der Waals surface area contributed by atoms with Crippen molar-refractivity contribution in [2.45, 2.75) is 56.2 Å². The molecule has 0 radical (unpaired) electrons. The summed E-state index contributed by atoms with van der Waals surface area (Å²) in [6, 6.07) is 4.16. The van der Waals surface area contributed by atoms with E-state index in [1.165, 1.54) is 10.6 Å². The minimum absolute atomic E-state index is 0.0877. The number of pyridine rings is 2. The van der Waals surface area contributed by atoms with Crippen molar-refractivity contribution in [3.8, 4) is 0 Å².